The highest BCUT2D eigenvalue weighted by Crippen LogP contribution is 2.36. The second-order valence-corrected chi connectivity index (χ2v) is 6.61. The summed E-state index contributed by atoms with van der Waals surface area (Å²) in [5, 5.41) is 7.39. The topological polar surface area (TPSA) is 24.1 Å². The maximum atomic E-state index is 3.91. The van der Waals surface area contributed by atoms with Gasteiger partial charge in [0.1, 0.15) is 0 Å². The highest BCUT2D eigenvalue weighted by molar-refractivity contribution is 7.99. The molecule has 98 valence electrons. The van der Waals surface area contributed by atoms with Crippen LogP contribution in [0.25, 0.3) is 0 Å². The maximum absolute atomic E-state index is 3.91. The van der Waals surface area contributed by atoms with Gasteiger partial charge in [0.25, 0.3) is 0 Å². The highest BCUT2D eigenvalue weighted by atomic mass is 32.2. The third kappa shape index (κ3) is 2.58. The molecule has 1 saturated heterocycles. The minimum Gasteiger partial charge on any atom is -0.316 e. The van der Waals surface area contributed by atoms with Crippen molar-refractivity contribution in [3.05, 3.63) is 29.8 Å². The first-order valence-electron chi connectivity index (χ1n) is 7.03. The normalized spacial score (nSPS) is 31.9. The Morgan fingerprint density at radius 1 is 1.28 bits per heavy atom. The lowest BCUT2D eigenvalue weighted by Gasteiger charge is -2.36. The molecule has 0 aromatic heterocycles. The lowest BCUT2D eigenvalue weighted by molar-refractivity contribution is 0.269. The van der Waals surface area contributed by atoms with E-state index < -0.39 is 0 Å². The van der Waals surface area contributed by atoms with Crippen LogP contribution in [-0.4, -0.2) is 24.9 Å². The molecule has 2 aliphatic rings. The second-order valence-electron chi connectivity index (χ2n) is 5.47. The van der Waals surface area contributed by atoms with Gasteiger partial charge in [0.05, 0.1) is 0 Å². The van der Waals surface area contributed by atoms with E-state index in [1.165, 1.54) is 29.1 Å². The Morgan fingerprint density at radius 2 is 2.17 bits per heavy atom. The highest BCUT2D eigenvalue weighted by Gasteiger charge is 2.26. The predicted octanol–water partition coefficient (Wildman–Crippen LogP) is 2.81. The van der Waals surface area contributed by atoms with Crippen molar-refractivity contribution in [1.82, 2.24) is 10.6 Å². The molecule has 2 nitrogen and oxygen atoms in total. The number of hydrogen-bond donors (Lipinski definition) is 2. The largest absolute Gasteiger partial charge is 0.316 e. The first-order valence-corrected chi connectivity index (χ1v) is 8.01. The van der Waals surface area contributed by atoms with Gasteiger partial charge >= 0.3 is 0 Å². The summed E-state index contributed by atoms with van der Waals surface area (Å²) in [4.78, 5) is 1.47. The van der Waals surface area contributed by atoms with Crippen molar-refractivity contribution in [3.8, 4) is 0 Å². The monoisotopic (exact) mass is 262 g/mol. The number of benzene rings is 1. The van der Waals surface area contributed by atoms with Gasteiger partial charge in [0, 0.05) is 17.0 Å². The molecule has 2 aliphatic heterocycles. The van der Waals surface area contributed by atoms with Crippen molar-refractivity contribution in [2.45, 2.75) is 36.7 Å². The van der Waals surface area contributed by atoms with Crippen LogP contribution in [0.5, 0.6) is 0 Å². The molecule has 0 bridgehead atoms. The van der Waals surface area contributed by atoms with Gasteiger partial charge in [0.15, 0.2) is 0 Å². The van der Waals surface area contributed by atoms with Crippen molar-refractivity contribution in [2.24, 2.45) is 5.92 Å². The molecule has 1 aromatic carbocycles. The smallest absolute Gasteiger partial charge is 0.0341 e. The second kappa shape index (κ2) is 5.64. The van der Waals surface area contributed by atoms with Crippen LogP contribution in [0.15, 0.2) is 29.2 Å². The van der Waals surface area contributed by atoms with Crippen molar-refractivity contribution in [2.75, 3.05) is 18.8 Å². The van der Waals surface area contributed by atoms with Gasteiger partial charge in [-0.15, -0.1) is 11.8 Å². The predicted molar refractivity (Wildman–Crippen MR) is 78.1 cm³/mol. The zero-order valence-electron chi connectivity index (χ0n) is 11.0. The molecular weight excluding hydrogens is 240 g/mol. The summed E-state index contributed by atoms with van der Waals surface area (Å²) in [6, 6.07) is 10.1. The van der Waals surface area contributed by atoms with Crippen LogP contribution in [0.4, 0.5) is 0 Å². The molecule has 1 aromatic rings. The molecule has 0 radical (unpaired) electrons. The zero-order valence-corrected chi connectivity index (χ0v) is 11.8. The van der Waals surface area contributed by atoms with E-state index in [4.69, 9.17) is 0 Å². The minimum atomic E-state index is 0.563. The van der Waals surface area contributed by atoms with Gasteiger partial charge in [-0.25, -0.2) is 0 Å². The molecule has 0 amide bonds. The molecule has 2 heterocycles. The number of fused-ring (bicyclic) bond motifs is 1. The number of hydrogen-bond acceptors (Lipinski definition) is 3. The molecule has 0 saturated carbocycles. The fourth-order valence-corrected chi connectivity index (χ4v) is 4.16. The van der Waals surface area contributed by atoms with Crippen LogP contribution < -0.4 is 10.6 Å². The van der Waals surface area contributed by atoms with Gasteiger partial charge in [-0.05, 0) is 49.2 Å². The van der Waals surface area contributed by atoms with E-state index in [9.17, 15) is 0 Å². The maximum Gasteiger partial charge on any atom is 0.0341 e. The summed E-state index contributed by atoms with van der Waals surface area (Å²) < 4.78 is 0. The minimum absolute atomic E-state index is 0.563. The SMILES string of the molecule is CC1CNCCC1NC1CCSc2ccccc21. The molecule has 18 heavy (non-hydrogen) atoms. The van der Waals surface area contributed by atoms with Crippen LogP contribution in [0.1, 0.15) is 31.4 Å². The van der Waals surface area contributed by atoms with Crippen LogP contribution in [-0.2, 0) is 0 Å². The Morgan fingerprint density at radius 3 is 3.06 bits per heavy atom. The Labute approximate surface area is 114 Å². The van der Waals surface area contributed by atoms with Gasteiger partial charge < -0.3 is 10.6 Å². The molecule has 3 heteroatoms. The summed E-state index contributed by atoms with van der Waals surface area (Å²) >= 11 is 2.00. The van der Waals surface area contributed by atoms with Gasteiger partial charge in [-0.2, -0.15) is 0 Å². The van der Waals surface area contributed by atoms with E-state index in [0.717, 1.165) is 19.0 Å². The van der Waals surface area contributed by atoms with E-state index in [1.54, 1.807) is 0 Å². The molecule has 0 aliphatic carbocycles. The number of piperidine rings is 1. The first-order chi connectivity index (χ1) is 8.84. The van der Waals surface area contributed by atoms with E-state index >= 15 is 0 Å². The number of thioether (sulfide) groups is 1. The Balaban J connectivity index is 1.73. The van der Waals surface area contributed by atoms with Crippen LogP contribution in [0.3, 0.4) is 0 Å². The van der Waals surface area contributed by atoms with Gasteiger partial charge in [0.2, 0.25) is 0 Å². The van der Waals surface area contributed by atoms with Crippen LogP contribution >= 0.6 is 11.8 Å². The summed E-state index contributed by atoms with van der Waals surface area (Å²) in [6.07, 6.45) is 2.52. The lowest BCUT2D eigenvalue weighted by atomic mass is 9.93. The van der Waals surface area contributed by atoms with E-state index in [2.05, 4.69) is 41.8 Å². The van der Waals surface area contributed by atoms with Crippen molar-refractivity contribution in [1.29, 1.82) is 0 Å². The molecule has 3 rings (SSSR count). The first kappa shape index (κ1) is 12.5. The molecule has 0 spiro atoms. The van der Waals surface area contributed by atoms with Gasteiger partial charge in [-0.3, -0.25) is 0 Å². The Hall–Kier alpha value is -0.510. The molecular formula is C15H22N2S. The molecule has 3 atom stereocenters. The van der Waals surface area contributed by atoms with E-state index in [0.29, 0.717) is 12.1 Å². The van der Waals surface area contributed by atoms with E-state index in [-0.39, 0.29) is 0 Å². The third-order valence-corrected chi connectivity index (χ3v) is 5.28. The van der Waals surface area contributed by atoms with Crippen LogP contribution in [0, 0.1) is 5.92 Å². The standard InChI is InChI=1S/C15H22N2S/c1-11-10-16-8-6-13(11)17-14-7-9-18-15-5-3-2-4-12(14)15/h2-5,11,13-14,16-17H,6-10H2,1H3. The Bertz CT molecular complexity index is 407. The zero-order chi connectivity index (χ0) is 12.4. The summed E-state index contributed by atoms with van der Waals surface area (Å²) in [7, 11) is 0. The van der Waals surface area contributed by atoms with Crippen molar-refractivity contribution < 1.29 is 0 Å². The number of rotatable bonds is 2. The average Bonchev–Trinajstić information content (AvgIpc) is 2.42. The molecule has 1 fully saturated rings. The van der Waals surface area contributed by atoms with Crippen molar-refractivity contribution >= 4 is 11.8 Å². The van der Waals surface area contributed by atoms with Crippen LogP contribution in [0.2, 0.25) is 0 Å². The summed E-state index contributed by atoms with van der Waals surface area (Å²) in [5.41, 5.74) is 1.51. The quantitative estimate of drug-likeness (QED) is 0.857. The molecule has 3 unspecified atom stereocenters. The fraction of sp³-hybridized carbons (Fsp3) is 0.600. The van der Waals surface area contributed by atoms with Gasteiger partial charge in [-0.1, -0.05) is 25.1 Å². The molecule has 2 N–H and O–H groups in total. The lowest BCUT2D eigenvalue weighted by Crippen LogP contribution is -2.47. The summed E-state index contributed by atoms with van der Waals surface area (Å²) in [5.74, 6) is 1.98. The Kier molecular flexibility index (Phi) is 3.92. The van der Waals surface area contributed by atoms with E-state index in [1.807, 2.05) is 11.8 Å². The fourth-order valence-electron chi connectivity index (χ4n) is 3.04. The summed E-state index contributed by atoms with van der Waals surface area (Å²) in [6.45, 7) is 4.67. The average molecular weight is 262 g/mol. The van der Waals surface area contributed by atoms with Crippen molar-refractivity contribution in [3.63, 3.8) is 0 Å². The number of nitrogens with one attached hydrogen (secondary N) is 2. The third-order valence-electron chi connectivity index (χ3n) is 4.16.